The van der Waals surface area contributed by atoms with Gasteiger partial charge in [-0.05, 0) is 42.7 Å². The Morgan fingerprint density at radius 1 is 1.28 bits per heavy atom. The van der Waals surface area contributed by atoms with E-state index in [0.29, 0.717) is 23.6 Å². The van der Waals surface area contributed by atoms with Crippen molar-refractivity contribution in [3.8, 4) is 10.4 Å². The molecule has 1 aliphatic carbocycles. The minimum absolute atomic E-state index is 0.0871. The molecule has 0 aliphatic heterocycles. The summed E-state index contributed by atoms with van der Waals surface area (Å²) in [6.07, 6.45) is 3.37. The summed E-state index contributed by atoms with van der Waals surface area (Å²) in [5.41, 5.74) is 6.91. The Morgan fingerprint density at radius 2 is 2.08 bits per heavy atom. The van der Waals surface area contributed by atoms with Crippen LogP contribution in [0.15, 0.2) is 36.4 Å². The maximum Gasteiger partial charge on any atom is 0.258 e. The molecule has 3 rings (SSSR count). The van der Waals surface area contributed by atoms with Crippen LogP contribution in [0.4, 0.5) is 0 Å². The van der Waals surface area contributed by atoms with Crippen molar-refractivity contribution >= 4 is 23.2 Å². The first kappa shape index (κ1) is 17.6. The molecule has 1 saturated carbocycles. The van der Waals surface area contributed by atoms with Crippen LogP contribution in [0.25, 0.3) is 10.4 Å². The highest BCUT2D eigenvalue weighted by molar-refractivity contribution is 7.17. The lowest BCUT2D eigenvalue weighted by atomic mass is 9.69. The van der Waals surface area contributed by atoms with Crippen molar-refractivity contribution in [2.45, 2.75) is 19.3 Å². The van der Waals surface area contributed by atoms with Crippen LogP contribution in [-0.2, 0) is 4.74 Å². The number of benzene rings is 1. The molecular weight excluding hydrogens is 336 g/mol. The molecule has 0 spiro atoms. The molecule has 25 heavy (non-hydrogen) atoms. The summed E-state index contributed by atoms with van der Waals surface area (Å²) in [5.74, 6) is -0.523. The van der Waals surface area contributed by atoms with Gasteiger partial charge in [-0.2, -0.15) is 0 Å². The molecule has 5 nitrogen and oxygen atoms in total. The average molecular weight is 358 g/mol. The van der Waals surface area contributed by atoms with Gasteiger partial charge in [0.1, 0.15) is 0 Å². The lowest BCUT2D eigenvalue weighted by Crippen LogP contribution is -2.45. The summed E-state index contributed by atoms with van der Waals surface area (Å²) in [6.45, 7) is 1.31. The Morgan fingerprint density at radius 3 is 2.68 bits per heavy atom. The van der Waals surface area contributed by atoms with Crippen LogP contribution >= 0.6 is 11.3 Å². The molecule has 6 heteroatoms. The quantitative estimate of drug-likeness (QED) is 0.798. The van der Waals surface area contributed by atoms with E-state index in [1.54, 1.807) is 19.2 Å². The zero-order chi connectivity index (χ0) is 17.9. The van der Waals surface area contributed by atoms with E-state index in [1.165, 1.54) is 17.8 Å². The minimum atomic E-state index is -0.436. The monoisotopic (exact) mass is 358 g/mol. The van der Waals surface area contributed by atoms with Gasteiger partial charge in [0.15, 0.2) is 0 Å². The number of hydrogen-bond donors (Lipinski definition) is 2. The zero-order valence-corrected chi connectivity index (χ0v) is 15.0. The standard InChI is InChI=1S/C19H22N2O3S/c1-24-12-19(8-3-9-19)11-21-18(23)14-5-2-4-13(10-14)15-6-7-16(25-15)17(20)22/h2,4-7,10H,3,8-9,11-12H2,1H3,(H2,20,22)(H,21,23). The summed E-state index contributed by atoms with van der Waals surface area (Å²) >= 11 is 1.33. The third kappa shape index (κ3) is 3.91. The van der Waals surface area contributed by atoms with Crippen molar-refractivity contribution < 1.29 is 14.3 Å². The predicted molar refractivity (Wildman–Crippen MR) is 98.8 cm³/mol. The van der Waals surface area contributed by atoms with Crippen molar-refractivity contribution in [2.24, 2.45) is 11.1 Å². The minimum Gasteiger partial charge on any atom is -0.384 e. The molecule has 1 heterocycles. The number of thiophene rings is 1. The van der Waals surface area contributed by atoms with Crippen LogP contribution in [0.5, 0.6) is 0 Å². The Balaban J connectivity index is 1.70. The van der Waals surface area contributed by atoms with Crippen molar-refractivity contribution in [2.75, 3.05) is 20.3 Å². The van der Waals surface area contributed by atoms with E-state index in [-0.39, 0.29) is 11.3 Å². The molecule has 0 bridgehead atoms. The number of nitrogens with one attached hydrogen (secondary N) is 1. The van der Waals surface area contributed by atoms with Gasteiger partial charge in [0.05, 0.1) is 11.5 Å². The zero-order valence-electron chi connectivity index (χ0n) is 14.2. The van der Waals surface area contributed by atoms with E-state index >= 15 is 0 Å². The van der Waals surface area contributed by atoms with Crippen molar-refractivity contribution in [1.29, 1.82) is 0 Å². The second kappa shape index (κ2) is 7.37. The second-order valence-corrected chi connectivity index (χ2v) is 7.66. The first-order valence-electron chi connectivity index (χ1n) is 8.30. The Hall–Kier alpha value is -2.18. The van der Waals surface area contributed by atoms with Crippen LogP contribution < -0.4 is 11.1 Å². The van der Waals surface area contributed by atoms with Gasteiger partial charge in [0.2, 0.25) is 0 Å². The Kier molecular flexibility index (Phi) is 5.20. The molecule has 0 atom stereocenters. The van der Waals surface area contributed by atoms with E-state index in [4.69, 9.17) is 10.5 Å². The summed E-state index contributed by atoms with van der Waals surface area (Å²) in [6, 6.07) is 11.0. The highest BCUT2D eigenvalue weighted by atomic mass is 32.1. The predicted octanol–water partition coefficient (Wildman–Crippen LogP) is 3.06. The van der Waals surface area contributed by atoms with E-state index < -0.39 is 5.91 Å². The molecular formula is C19H22N2O3S. The maximum absolute atomic E-state index is 12.5. The topological polar surface area (TPSA) is 81.4 Å². The van der Waals surface area contributed by atoms with E-state index in [2.05, 4.69) is 5.32 Å². The largest absolute Gasteiger partial charge is 0.384 e. The molecule has 1 fully saturated rings. The summed E-state index contributed by atoms with van der Waals surface area (Å²) in [7, 11) is 1.70. The van der Waals surface area contributed by atoms with Crippen LogP contribution in [0.3, 0.4) is 0 Å². The highest BCUT2D eigenvalue weighted by Gasteiger charge is 2.37. The number of hydrogen-bond acceptors (Lipinski definition) is 4. The number of amides is 2. The van der Waals surface area contributed by atoms with Gasteiger partial charge in [-0.15, -0.1) is 11.3 Å². The fourth-order valence-corrected chi connectivity index (χ4v) is 4.02. The van der Waals surface area contributed by atoms with Gasteiger partial charge in [-0.3, -0.25) is 9.59 Å². The number of carbonyl (C=O) groups excluding carboxylic acids is 2. The average Bonchev–Trinajstić information content (AvgIpc) is 3.07. The van der Waals surface area contributed by atoms with Crippen molar-refractivity contribution in [3.63, 3.8) is 0 Å². The van der Waals surface area contributed by atoms with Crippen molar-refractivity contribution in [1.82, 2.24) is 5.32 Å². The van der Waals surface area contributed by atoms with E-state index in [1.807, 2.05) is 24.3 Å². The smallest absolute Gasteiger partial charge is 0.258 e. The SMILES string of the molecule is COCC1(CNC(=O)c2cccc(-c3ccc(C(N)=O)s3)c2)CCC1. The van der Waals surface area contributed by atoms with Crippen LogP contribution in [0.2, 0.25) is 0 Å². The highest BCUT2D eigenvalue weighted by Crippen LogP contribution is 2.40. The van der Waals surface area contributed by atoms with Crippen LogP contribution in [-0.4, -0.2) is 32.1 Å². The number of nitrogens with two attached hydrogens (primary N) is 1. The molecule has 1 aromatic heterocycles. The normalized spacial score (nSPS) is 15.4. The molecule has 2 aromatic rings. The first-order chi connectivity index (χ1) is 12.0. The summed E-state index contributed by atoms with van der Waals surface area (Å²) < 4.78 is 5.30. The lowest BCUT2D eigenvalue weighted by Gasteiger charge is -2.41. The third-order valence-electron chi connectivity index (χ3n) is 4.75. The summed E-state index contributed by atoms with van der Waals surface area (Å²) in [5, 5.41) is 3.04. The third-order valence-corrected chi connectivity index (χ3v) is 5.90. The summed E-state index contributed by atoms with van der Waals surface area (Å²) in [4.78, 5) is 25.2. The van der Waals surface area contributed by atoms with E-state index in [9.17, 15) is 9.59 Å². The Bertz CT molecular complexity index is 780. The molecule has 1 aromatic carbocycles. The number of primary amides is 1. The van der Waals surface area contributed by atoms with Crippen LogP contribution in [0, 0.1) is 5.41 Å². The van der Waals surface area contributed by atoms with Gasteiger partial charge in [0, 0.05) is 29.5 Å². The van der Waals surface area contributed by atoms with Gasteiger partial charge in [0.25, 0.3) is 11.8 Å². The number of ether oxygens (including phenoxy) is 1. The Labute approximate surface area is 151 Å². The molecule has 3 N–H and O–H groups in total. The molecule has 0 unspecified atom stereocenters. The second-order valence-electron chi connectivity index (χ2n) is 6.58. The molecule has 2 amide bonds. The molecule has 132 valence electrons. The van der Waals surface area contributed by atoms with E-state index in [0.717, 1.165) is 23.3 Å². The lowest BCUT2D eigenvalue weighted by molar-refractivity contribution is 0.0180. The molecule has 0 saturated heterocycles. The molecule has 1 aliphatic rings. The first-order valence-corrected chi connectivity index (χ1v) is 9.12. The van der Waals surface area contributed by atoms with Crippen LogP contribution in [0.1, 0.15) is 39.3 Å². The maximum atomic E-state index is 12.5. The van der Waals surface area contributed by atoms with Gasteiger partial charge in [-0.1, -0.05) is 18.6 Å². The van der Waals surface area contributed by atoms with Crippen molar-refractivity contribution in [3.05, 3.63) is 46.8 Å². The van der Waals surface area contributed by atoms with Gasteiger partial charge >= 0.3 is 0 Å². The fourth-order valence-electron chi connectivity index (χ4n) is 3.16. The van der Waals surface area contributed by atoms with Gasteiger partial charge in [-0.25, -0.2) is 0 Å². The number of methoxy groups -OCH3 is 1. The number of carbonyl (C=O) groups is 2. The fraction of sp³-hybridized carbons (Fsp3) is 0.368. The number of rotatable bonds is 7. The van der Waals surface area contributed by atoms with Gasteiger partial charge < -0.3 is 15.8 Å². The molecule has 0 radical (unpaired) electrons.